The van der Waals surface area contributed by atoms with Crippen LogP contribution in [-0.4, -0.2) is 41.0 Å². The molecule has 25 heavy (non-hydrogen) atoms. The van der Waals surface area contributed by atoms with Gasteiger partial charge in [-0.2, -0.15) is 0 Å². The summed E-state index contributed by atoms with van der Waals surface area (Å²) in [5.74, 6) is -0.135. The van der Waals surface area contributed by atoms with E-state index < -0.39 is 0 Å². The Kier molecular flexibility index (Phi) is 5.26. The number of nitrogens with one attached hydrogen (secondary N) is 1. The molecule has 0 aliphatic rings. The fourth-order valence-corrected chi connectivity index (χ4v) is 2.81. The van der Waals surface area contributed by atoms with Crippen LogP contribution in [0.1, 0.15) is 22.1 Å². The molecule has 2 aromatic carbocycles. The van der Waals surface area contributed by atoms with Crippen molar-refractivity contribution in [3.8, 4) is 5.69 Å². The van der Waals surface area contributed by atoms with Gasteiger partial charge in [0.2, 0.25) is 0 Å². The van der Waals surface area contributed by atoms with Crippen molar-refractivity contribution >= 4 is 5.91 Å². The minimum atomic E-state index is -0.135. The number of rotatable bonds is 6. The zero-order chi connectivity index (χ0) is 17.6. The Hall–Kier alpha value is -2.92. The Morgan fingerprint density at radius 3 is 2.36 bits per heavy atom. The van der Waals surface area contributed by atoms with E-state index in [2.05, 4.69) is 27.3 Å². The van der Waals surface area contributed by atoms with Crippen molar-refractivity contribution in [2.24, 2.45) is 0 Å². The molecular formula is C20H22N4O. The predicted molar refractivity (Wildman–Crippen MR) is 98.8 cm³/mol. The molecule has 1 unspecified atom stereocenters. The van der Waals surface area contributed by atoms with Gasteiger partial charge in [0, 0.05) is 12.2 Å². The molecule has 1 atom stereocenters. The molecule has 0 aliphatic carbocycles. The Bertz CT molecular complexity index is 812. The van der Waals surface area contributed by atoms with Gasteiger partial charge in [-0.15, -0.1) is 0 Å². The van der Waals surface area contributed by atoms with Crippen molar-refractivity contribution in [3.05, 3.63) is 84.4 Å². The molecule has 128 valence electrons. The van der Waals surface area contributed by atoms with Crippen LogP contribution in [0, 0.1) is 0 Å². The standard InChI is InChI=1S/C20H22N4O/c1-23(2)18(16-9-5-3-6-10-16)14-22-20(25)19-13-21-15-24(19)17-11-7-4-8-12-17/h3-13,15,18H,14H2,1-2H3,(H,22,25). The van der Waals surface area contributed by atoms with Crippen molar-refractivity contribution < 1.29 is 4.79 Å². The van der Waals surface area contributed by atoms with Gasteiger partial charge in [0.1, 0.15) is 5.69 Å². The normalized spacial score (nSPS) is 12.1. The van der Waals surface area contributed by atoms with E-state index in [0.29, 0.717) is 12.2 Å². The van der Waals surface area contributed by atoms with Gasteiger partial charge in [0.15, 0.2) is 0 Å². The first-order chi connectivity index (χ1) is 12.2. The third kappa shape index (κ3) is 3.95. The maximum Gasteiger partial charge on any atom is 0.269 e. The first-order valence-electron chi connectivity index (χ1n) is 8.24. The molecule has 3 aromatic rings. The maximum absolute atomic E-state index is 12.7. The number of likely N-dealkylation sites (N-methyl/N-ethyl adjacent to an activating group) is 1. The number of para-hydroxylation sites is 1. The smallest absolute Gasteiger partial charge is 0.269 e. The number of carbonyl (C=O) groups is 1. The fourth-order valence-electron chi connectivity index (χ4n) is 2.81. The Balaban J connectivity index is 1.74. The van der Waals surface area contributed by atoms with Crippen molar-refractivity contribution in [1.82, 2.24) is 19.8 Å². The molecule has 1 amide bonds. The second-order valence-electron chi connectivity index (χ2n) is 6.08. The highest BCUT2D eigenvalue weighted by Crippen LogP contribution is 2.17. The lowest BCUT2D eigenvalue weighted by Crippen LogP contribution is -2.35. The van der Waals surface area contributed by atoms with E-state index in [1.807, 2.05) is 62.6 Å². The summed E-state index contributed by atoms with van der Waals surface area (Å²) < 4.78 is 1.79. The molecule has 5 heteroatoms. The molecule has 1 N–H and O–H groups in total. The quantitative estimate of drug-likeness (QED) is 0.754. The number of benzene rings is 2. The average Bonchev–Trinajstić information content (AvgIpc) is 3.13. The Morgan fingerprint density at radius 1 is 1.08 bits per heavy atom. The van der Waals surface area contributed by atoms with Crippen LogP contribution in [0.4, 0.5) is 0 Å². The number of imidazole rings is 1. The van der Waals surface area contributed by atoms with Gasteiger partial charge >= 0.3 is 0 Å². The molecule has 0 saturated heterocycles. The van der Waals surface area contributed by atoms with Crippen LogP contribution in [0.25, 0.3) is 5.69 Å². The molecule has 0 spiro atoms. The lowest BCUT2D eigenvalue weighted by atomic mass is 10.1. The number of carbonyl (C=O) groups excluding carboxylic acids is 1. The highest BCUT2D eigenvalue weighted by molar-refractivity contribution is 5.93. The number of nitrogens with zero attached hydrogens (tertiary/aromatic N) is 3. The molecule has 1 heterocycles. The van der Waals surface area contributed by atoms with E-state index >= 15 is 0 Å². The third-order valence-corrected chi connectivity index (χ3v) is 4.17. The number of hydrogen-bond donors (Lipinski definition) is 1. The number of aromatic nitrogens is 2. The highest BCUT2D eigenvalue weighted by atomic mass is 16.2. The van der Waals surface area contributed by atoms with Crippen LogP contribution in [0.3, 0.4) is 0 Å². The van der Waals surface area contributed by atoms with E-state index in [0.717, 1.165) is 5.69 Å². The van der Waals surface area contributed by atoms with Crippen LogP contribution in [-0.2, 0) is 0 Å². The third-order valence-electron chi connectivity index (χ3n) is 4.17. The van der Waals surface area contributed by atoms with Gasteiger partial charge in [-0.25, -0.2) is 4.98 Å². The SMILES string of the molecule is CN(C)C(CNC(=O)c1cncn1-c1ccccc1)c1ccccc1. The molecular weight excluding hydrogens is 312 g/mol. The molecule has 0 bridgehead atoms. The summed E-state index contributed by atoms with van der Waals surface area (Å²) in [6.45, 7) is 0.524. The molecule has 0 fully saturated rings. The van der Waals surface area contributed by atoms with Gasteiger partial charge in [-0.05, 0) is 31.8 Å². The Morgan fingerprint density at radius 2 is 1.72 bits per heavy atom. The van der Waals surface area contributed by atoms with E-state index in [9.17, 15) is 4.79 Å². The van der Waals surface area contributed by atoms with Crippen molar-refractivity contribution in [1.29, 1.82) is 0 Å². The zero-order valence-electron chi connectivity index (χ0n) is 14.5. The molecule has 0 aliphatic heterocycles. The minimum absolute atomic E-state index is 0.109. The zero-order valence-corrected chi connectivity index (χ0v) is 14.5. The van der Waals surface area contributed by atoms with Crippen LogP contribution in [0.15, 0.2) is 73.2 Å². The largest absolute Gasteiger partial charge is 0.349 e. The second-order valence-corrected chi connectivity index (χ2v) is 6.08. The first-order valence-corrected chi connectivity index (χ1v) is 8.24. The second kappa shape index (κ2) is 7.77. The lowest BCUT2D eigenvalue weighted by molar-refractivity contribution is 0.0935. The summed E-state index contributed by atoms with van der Waals surface area (Å²) >= 11 is 0. The van der Waals surface area contributed by atoms with Gasteiger partial charge < -0.3 is 10.2 Å². The van der Waals surface area contributed by atoms with E-state index in [4.69, 9.17) is 0 Å². The topological polar surface area (TPSA) is 50.2 Å². The van der Waals surface area contributed by atoms with Crippen molar-refractivity contribution in [2.45, 2.75) is 6.04 Å². The van der Waals surface area contributed by atoms with E-state index in [1.54, 1.807) is 17.1 Å². The number of amides is 1. The van der Waals surface area contributed by atoms with Gasteiger partial charge in [0.25, 0.3) is 5.91 Å². The van der Waals surface area contributed by atoms with E-state index in [-0.39, 0.29) is 11.9 Å². The van der Waals surface area contributed by atoms with Crippen molar-refractivity contribution in [2.75, 3.05) is 20.6 Å². The Labute approximate surface area is 147 Å². The van der Waals surface area contributed by atoms with Gasteiger partial charge in [0.05, 0.1) is 18.6 Å². The molecule has 0 radical (unpaired) electrons. The summed E-state index contributed by atoms with van der Waals surface area (Å²) in [4.78, 5) is 18.9. The summed E-state index contributed by atoms with van der Waals surface area (Å²) in [6, 6.07) is 20.0. The highest BCUT2D eigenvalue weighted by Gasteiger charge is 2.18. The predicted octanol–water partition coefficient (Wildman–Crippen LogP) is 2.91. The molecule has 0 saturated carbocycles. The van der Waals surface area contributed by atoms with Gasteiger partial charge in [-0.3, -0.25) is 9.36 Å². The summed E-state index contributed by atoms with van der Waals surface area (Å²) in [7, 11) is 4.02. The summed E-state index contributed by atoms with van der Waals surface area (Å²) in [5, 5.41) is 3.03. The molecule has 5 nitrogen and oxygen atoms in total. The monoisotopic (exact) mass is 334 g/mol. The summed E-state index contributed by atoms with van der Waals surface area (Å²) in [5.41, 5.74) is 2.61. The summed E-state index contributed by atoms with van der Waals surface area (Å²) in [6.07, 6.45) is 3.25. The van der Waals surface area contributed by atoms with Crippen LogP contribution >= 0.6 is 0 Å². The maximum atomic E-state index is 12.7. The van der Waals surface area contributed by atoms with Crippen LogP contribution < -0.4 is 5.32 Å². The fraction of sp³-hybridized carbons (Fsp3) is 0.200. The first kappa shape index (κ1) is 16.9. The van der Waals surface area contributed by atoms with Gasteiger partial charge in [-0.1, -0.05) is 48.5 Å². The molecule has 1 aromatic heterocycles. The number of hydrogen-bond acceptors (Lipinski definition) is 3. The van der Waals surface area contributed by atoms with E-state index in [1.165, 1.54) is 5.56 Å². The molecule has 3 rings (SSSR count). The minimum Gasteiger partial charge on any atom is -0.349 e. The van der Waals surface area contributed by atoms with Crippen molar-refractivity contribution in [3.63, 3.8) is 0 Å². The average molecular weight is 334 g/mol. The van der Waals surface area contributed by atoms with Crippen LogP contribution in [0.2, 0.25) is 0 Å². The lowest BCUT2D eigenvalue weighted by Gasteiger charge is -2.25. The van der Waals surface area contributed by atoms with Crippen LogP contribution in [0.5, 0.6) is 0 Å².